The minimum atomic E-state index is -1.26. The van der Waals surface area contributed by atoms with Gasteiger partial charge in [-0.1, -0.05) is 37.3 Å². The van der Waals surface area contributed by atoms with Gasteiger partial charge in [0.2, 0.25) is 0 Å². The summed E-state index contributed by atoms with van der Waals surface area (Å²) in [7, 11) is 0. The summed E-state index contributed by atoms with van der Waals surface area (Å²) in [4.78, 5) is 36.4. The molecule has 1 amide bonds. The fourth-order valence-electron chi connectivity index (χ4n) is 2.24. The van der Waals surface area contributed by atoms with Crippen LogP contribution in [0.2, 0.25) is 0 Å². The number of rotatable bonds is 10. The topological polar surface area (TPSA) is 136 Å². The van der Waals surface area contributed by atoms with E-state index in [0.717, 1.165) is 16.8 Å². The standard InChI is InChI=1S/C17H21N5O5/c1-2-6-15-19-21-22(20-15)10-14(23)13(9-16(24)25)18-17(26)27-11-12-7-4-3-5-8-12/h3-5,7-8,13H,2,6,9-11H2,1H3,(H,18,26)(H,24,25). The fourth-order valence-corrected chi connectivity index (χ4v) is 2.24. The van der Waals surface area contributed by atoms with Crippen molar-refractivity contribution < 1.29 is 24.2 Å². The number of aromatic nitrogens is 4. The molecule has 1 unspecified atom stereocenters. The third-order valence-corrected chi connectivity index (χ3v) is 3.54. The number of ketones is 1. The highest BCUT2D eigenvalue weighted by Gasteiger charge is 2.25. The molecule has 2 aromatic rings. The van der Waals surface area contributed by atoms with E-state index >= 15 is 0 Å². The van der Waals surface area contributed by atoms with Crippen molar-refractivity contribution in [1.29, 1.82) is 0 Å². The molecule has 0 aliphatic carbocycles. The van der Waals surface area contributed by atoms with Gasteiger partial charge in [0.25, 0.3) is 0 Å². The minimum absolute atomic E-state index is 0.00562. The molecule has 1 heterocycles. The fraction of sp³-hybridized carbons (Fsp3) is 0.412. The monoisotopic (exact) mass is 375 g/mol. The number of nitrogens with one attached hydrogen (secondary N) is 1. The van der Waals surface area contributed by atoms with Gasteiger partial charge < -0.3 is 15.2 Å². The van der Waals surface area contributed by atoms with E-state index in [1.807, 2.05) is 13.0 Å². The number of carboxylic acid groups (broad SMARTS) is 1. The Labute approximate surface area is 155 Å². The van der Waals surface area contributed by atoms with Gasteiger partial charge in [0, 0.05) is 6.42 Å². The molecular formula is C17H21N5O5. The van der Waals surface area contributed by atoms with E-state index in [1.165, 1.54) is 0 Å². The van der Waals surface area contributed by atoms with Crippen LogP contribution in [0.15, 0.2) is 30.3 Å². The number of hydrogen-bond acceptors (Lipinski definition) is 7. The summed E-state index contributed by atoms with van der Waals surface area (Å²) in [6.07, 6.45) is -0.000419. The Morgan fingerprint density at radius 2 is 2.00 bits per heavy atom. The molecule has 10 nitrogen and oxygen atoms in total. The number of tetrazole rings is 1. The molecule has 0 spiro atoms. The first-order valence-electron chi connectivity index (χ1n) is 8.46. The van der Waals surface area contributed by atoms with Gasteiger partial charge in [0.15, 0.2) is 11.6 Å². The van der Waals surface area contributed by atoms with Crippen molar-refractivity contribution in [2.45, 2.75) is 45.4 Å². The molecule has 0 radical (unpaired) electrons. The van der Waals surface area contributed by atoms with Crippen LogP contribution in [0.5, 0.6) is 0 Å². The number of aliphatic carboxylic acids is 1. The number of carbonyl (C=O) groups excluding carboxylic acids is 2. The van der Waals surface area contributed by atoms with Crippen molar-refractivity contribution in [3.05, 3.63) is 41.7 Å². The van der Waals surface area contributed by atoms with E-state index in [4.69, 9.17) is 9.84 Å². The molecule has 144 valence electrons. The first kappa shape index (κ1) is 20.0. The molecule has 27 heavy (non-hydrogen) atoms. The lowest BCUT2D eigenvalue weighted by Crippen LogP contribution is -2.44. The van der Waals surface area contributed by atoms with Gasteiger partial charge in [-0.15, -0.1) is 10.2 Å². The van der Waals surface area contributed by atoms with E-state index in [1.54, 1.807) is 24.3 Å². The van der Waals surface area contributed by atoms with Gasteiger partial charge in [-0.05, 0) is 17.2 Å². The largest absolute Gasteiger partial charge is 0.481 e. The number of aryl methyl sites for hydroxylation is 1. The van der Waals surface area contributed by atoms with E-state index in [2.05, 4.69) is 20.7 Å². The van der Waals surface area contributed by atoms with Crippen LogP contribution in [0, 0.1) is 0 Å². The molecule has 1 aromatic carbocycles. The third-order valence-electron chi connectivity index (χ3n) is 3.54. The second kappa shape index (κ2) is 10.00. The van der Waals surface area contributed by atoms with Crippen molar-refractivity contribution in [1.82, 2.24) is 25.5 Å². The zero-order valence-electron chi connectivity index (χ0n) is 14.9. The van der Waals surface area contributed by atoms with E-state index in [9.17, 15) is 14.4 Å². The van der Waals surface area contributed by atoms with E-state index in [-0.39, 0.29) is 13.2 Å². The Bertz CT molecular complexity index is 777. The smallest absolute Gasteiger partial charge is 0.408 e. The molecule has 0 saturated carbocycles. The molecule has 0 aliphatic heterocycles. The Morgan fingerprint density at radius 1 is 1.26 bits per heavy atom. The van der Waals surface area contributed by atoms with Crippen molar-refractivity contribution >= 4 is 17.8 Å². The number of ether oxygens (including phenoxy) is 1. The number of carbonyl (C=O) groups is 3. The van der Waals surface area contributed by atoms with Gasteiger partial charge in [0.05, 0.1) is 6.42 Å². The van der Waals surface area contributed by atoms with Crippen molar-refractivity contribution in [3.8, 4) is 0 Å². The Balaban J connectivity index is 1.93. The van der Waals surface area contributed by atoms with Crippen molar-refractivity contribution in [3.63, 3.8) is 0 Å². The number of benzene rings is 1. The van der Waals surface area contributed by atoms with Crippen molar-refractivity contribution in [2.75, 3.05) is 0 Å². The second-order valence-electron chi connectivity index (χ2n) is 5.81. The molecule has 0 aliphatic rings. The summed E-state index contributed by atoms with van der Waals surface area (Å²) < 4.78 is 5.03. The summed E-state index contributed by atoms with van der Waals surface area (Å²) in [5, 5.41) is 22.9. The minimum Gasteiger partial charge on any atom is -0.481 e. The summed E-state index contributed by atoms with van der Waals surface area (Å²) in [5.74, 6) is -1.29. The highest BCUT2D eigenvalue weighted by molar-refractivity contribution is 5.90. The first-order chi connectivity index (χ1) is 13.0. The normalized spacial score (nSPS) is 11.6. The highest BCUT2D eigenvalue weighted by Crippen LogP contribution is 2.03. The average molecular weight is 375 g/mol. The number of amides is 1. The van der Waals surface area contributed by atoms with Gasteiger partial charge in [-0.2, -0.15) is 4.80 Å². The highest BCUT2D eigenvalue weighted by atomic mass is 16.5. The Kier molecular flexibility index (Phi) is 7.41. The molecule has 1 aromatic heterocycles. The number of alkyl carbamates (subject to hydrolysis) is 1. The number of hydrogen-bond donors (Lipinski definition) is 2. The molecule has 10 heteroatoms. The summed E-state index contributed by atoms with van der Waals surface area (Å²) >= 11 is 0. The summed E-state index contributed by atoms with van der Waals surface area (Å²) in [6, 6.07) is 7.71. The van der Waals surface area contributed by atoms with Crippen LogP contribution in [0.1, 0.15) is 31.2 Å². The van der Waals surface area contributed by atoms with Gasteiger partial charge in [-0.25, -0.2) is 4.79 Å². The van der Waals surface area contributed by atoms with Crippen molar-refractivity contribution in [2.24, 2.45) is 0 Å². The lowest BCUT2D eigenvalue weighted by atomic mass is 10.1. The maximum atomic E-state index is 12.4. The maximum Gasteiger partial charge on any atom is 0.408 e. The van der Waals surface area contributed by atoms with Gasteiger partial charge in [-0.3, -0.25) is 9.59 Å². The molecule has 2 rings (SSSR count). The summed E-state index contributed by atoms with van der Waals surface area (Å²) in [5.41, 5.74) is 0.768. The van der Waals surface area contributed by atoms with Crippen LogP contribution in [0.4, 0.5) is 4.79 Å². The van der Waals surface area contributed by atoms with E-state index in [0.29, 0.717) is 12.2 Å². The lowest BCUT2D eigenvalue weighted by Gasteiger charge is -2.15. The van der Waals surface area contributed by atoms with Gasteiger partial charge >= 0.3 is 12.1 Å². The van der Waals surface area contributed by atoms with Crippen LogP contribution < -0.4 is 5.32 Å². The van der Waals surface area contributed by atoms with Crippen LogP contribution in [-0.4, -0.2) is 49.2 Å². The predicted octanol–water partition coefficient (Wildman–Crippen LogP) is 0.964. The molecule has 1 atom stereocenters. The predicted molar refractivity (Wildman–Crippen MR) is 92.6 cm³/mol. The quantitative estimate of drug-likeness (QED) is 0.627. The van der Waals surface area contributed by atoms with Gasteiger partial charge in [0.1, 0.15) is 19.2 Å². The molecule has 0 bridgehead atoms. The van der Waals surface area contributed by atoms with Crippen LogP contribution in [0.3, 0.4) is 0 Å². The number of carboxylic acids is 1. The maximum absolute atomic E-state index is 12.4. The lowest BCUT2D eigenvalue weighted by molar-refractivity contribution is -0.139. The molecule has 0 fully saturated rings. The second-order valence-corrected chi connectivity index (χ2v) is 5.81. The third kappa shape index (κ3) is 6.84. The first-order valence-corrected chi connectivity index (χ1v) is 8.46. The Hall–Kier alpha value is -3.30. The number of nitrogens with zero attached hydrogens (tertiary/aromatic N) is 4. The van der Waals surface area contributed by atoms with Crippen LogP contribution in [0.25, 0.3) is 0 Å². The zero-order chi connectivity index (χ0) is 19.6. The average Bonchev–Trinajstić information content (AvgIpc) is 3.07. The molecule has 0 saturated heterocycles. The number of Topliss-reactive ketones (excluding diaryl/α,β-unsaturated/α-hetero) is 1. The SMILES string of the molecule is CCCc1nnn(CC(=O)C(CC(=O)O)NC(=O)OCc2ccccc2)n1. The Morgan fingerprint density at radius 3 is 2.67 bits per heavy atom. The molecule has 2 N–H and O–H groups in total. The van der Waals surface area contributed by atoms with E-state index < -0.39 is 30.3 Å². The van der Waals surface area contributed by atoms with Crippen LogP contribution in [-0.2, 0) is 33.9 Å². The summed E-state index contributed by atoms with van der Waals surface area (Å²) in [6.45, 7) is 1.67. The zero-order valence-corrected chi connectivity index (χ0v) is 14.9. The van der Waals surface area contributed by atoms with Crippen LogP contribution >= 0.6 is 0 Å². The molecular weight excluding hydrogens is 354 g/mol.